The summed E-state index contributed by atoms with van der Waals surface area (Å²) in [6.07, 6.45) is 5.74. The first-order valence-corrected chi connectivity index (χ1v) is 12.9. The molecular weight excluding hydrogens is 436 g/mol. The lowest BCUT2D eigenvalue weighted by molar-refractivity contribution is 0.573. The molecule has 0 bridgehead atoms. The van der Waals surface area contributed by atoms with Crippen LogP contribution in [-0.4, -0.2) is 22.6 Å². The Hall–Kier alpha value is -2.51. The van der Waals surface area contributed by atoms with Gasteiger partial charge in [0.25, 0.3) is 0 Å². The molecule has 7 heteroatoms. The van der Waals surface area contributed by atoms with E-state index < -0.39 is 0 Å². The van der Waals surface area contributed by atoms with Crippen LogP contribution in [0.2, 0.25) is 0 Å². The number of allylic oxidation sites excluding steroid dienone is 2. The smallest absolute Gasteiger partial charge is 0.193 e. The second-order valence-electron chi connectivity index (χ2n) is 8.00. The lowest BCUT2D eigenvalue weighted by atomic mass is 10.1. The van der Waals surface area contributed by atoms with E-state index in [0.717, 1.165) is 40.8 Å². The zero-order valence-electron chi connectivity index (χ0n) is 18.8. The number of rotatable bonds is 8. The van der Waals surface area contributed by atoms with Gasteiger partial charge in [-0.15, -0.1) is 23.1 Å². The van der Waals surface area contributed by atoms with Crippen molar-refractivity contribution in [2.45, 2.75) is 46.2 Å². The molecule has 1 aliphatic heterocycles. The first kappa shape index (κ1) is 22.7. The number of anilines is 2. The summed E-state index contributed by atoms with van der Waals surface area (Å²) in [7, 11) is 0. The molecule has 0 aromatic carbocycles. The van der Waals surface area contributed by atoms with E-state index in [2.05, 4.69) is 45.0 Å². The topological polar surface area (TPSA) is 50.2 Å². The van der Waals surface area contributed by atoms with E-state index in [0.29, 0.717) is 18.5 Å². The summed E-state index contributed by atoms with van der Waals surface area (Å²) in [5, 5.41) is 8.11. The molecule has 1 aliphatic rings. The highest BCUT2D eigenvalue weighted by molar-refractivity contribution is 8.05. The maximum Gasteiger partial charge on any atom is 0.193 e. The van der Waals surface area contributed by atoms with Gasteiger partial charge in [-0.25, -0.2) is 4.98 Å². The Kier molecular flexibility index (Phi) is 7.37. The van der Waals surface area contributed by atoms with E-state index in [1.54, 1.807) is 29.2 Å². The van der Waals surface area contributed by atoms with Crippen molar-refractivity contribution in [2.75, 3.05) is 23.3 Å². The van der Waals surface area contributed by atoms with Crippen molar-refractivity contribution in [2.24, 2.45) is 0 Å². The summed E-state index contributed by atoms with van der Waals surface area (Å²) < 4.78 is 2.15. The van der Waals surface area contributed by atoms with Gasteiger partial charge < -0.3 is 14.8 Å². The summed E-state index contributed by atoms with van der Waals surface area (Å²) in [4.78, 5) is 23.0. The first-order chi connectivity index (χ1) is 15.6. The third-order valence-electron chi connectivity index (χ3n) is 5.82. The van der Waals surface area contributed by atoms with E-state index in [4.69, 9.17) is 4.98 Å². The summed E-state index contributed by atoms with van der Waals surface area (Å²) >= 11 is 3.31. The number of hydrogen-bond donors (Lipinski definition) is 1. The van der Waals surface area contributed by atoms with Crippen LogP contribution in [0.4, 0.5) is 11.6 Å². The fraction of sp³-hybridized carbons (Fsp3) is 0.360. The van der Waals surface area contributed by atoms with Crippen LogP contribution in [0.15, 0.2) is 57.4 Å². The number of nitrogens with one attached hydrogen (secondary N) is 1. The van der Waals surface area contributed by atoms with Gasteiger partial charge in [0.1, 0.15) is 17.3 Å². The number of piperidine rings is 1. The number of pyridine rings is 2. The largest absolute Gasteiger partial charge is 0.366 e. The number of aromatic nitrogens is 2. The van der Waals surface area contributed by atoms with Crippen molar-refractivity contribution in [1.82, 2.24) is 9.55 Å². The fourth-order valence-electron chi connectivity index (χ4n) is 4.17. The molecule has 0 aliphatic carbocycles. The van der Waals surface area contributed by atoms with E-state index in [1.807, 2.05) is 25.3 Å². The second-order valence-corrected chi connectivity index (χ2v) is 10.1. The van der Waals surface area contributed by atoms with Crippen molar-refractivity contribution < 1.29 is 0 Å². The maximum atomic E-state index is 13.2. The monoisotopic (exact) mass is 466 g/mol. The predicted octanol–water partition coefficient (Wildman–Crippen LogP) is 6.15. The minimum absolute atomic E-state index is 0.0125. The normalized spacial score (nSPS) is 14.7. The molecule has 1 saturated heterocycles. The lowest BCUT2D eigenvalue weighted by Gasteiger charge is -2.29. The third-order valence-corrected chi connectivity index (χ3v) is 7.53. The minimum atomic E-state index is 0.0125. The van der Waals surface area contributed by atoms with Crippen molar-refractivity contribution in [3.63, 3.8) is 0 Å². The van der Waals surface area contributed by atoms with Gasteiger partial charge in [-0.05, 0) is 61.6 Å². The zero-order chi connectivity index (χ0) is 22.5. The fourth-order valence-corrected chi connectivity index (χ4v) is 5.37. The highest BCUT2D eigenvalue weighted by Crippen LogP contribution is 2.28. The Morgan fingerprint density at radius 3 is 2.81 bits per heavy atom. The number of nitrogens with zero attached hydrogens (tertiary/aromatic N) is 3. The molecule has 168 valence electrons. The average molecular weight is 467 g/mol. The van der Waals surface area contributed by atoms with Gasteiger partial charge in [0, 0.05) is 28.9 Å². The number of thiophene rings is 1. The molecule has 0 unspecified atom stereocenters. The molecule has 1 fully saturated rings. The minimum Gasteiger partial charge on any atom is -0.366 e. The Bertz CT molecular complexity index is 1170. The molecule has 0 radical (unpaired) electrons. The van der Waals surface area contributed by atoms with Crippen LogP contribution < -0.4 is 15.6 Å². The molecule has 0 atom stereocenters. The Morgan fingerprint density at radius 2 is 2.12 bits per heavy atom. The molecule has 4 heterocycles. The van der Waals surface area contributed by atoms with E-state index in [1.165, 1.54) is 24.1 Å². The standard InChI is InChI=1S/C25H30N4OS2/c1-4-19(31-5-2)17-29-22(26-16-20-10-9-13-32-20)15-21(30)24-18(3)14-23(27-25(24)29)28-11-7-6-8-12-28/h4-5,9-10,13-15,26H,2,6-8,11-12,16-17H2,1,3H3/b19-4-. The Labute approximate surface area is 197 Å². The van der Waals surface area contributed by atoms with Crippen LogP contribution in [0, 0.1) is 6.92 Å². The molecule has 0 spiro atoms. The molecular formula is C25H30N4OS2. The van der Waals surface area contributed by atoms with Gasteiger partial charge in [-0.2, -0.15) is 0 Å². The van der Waals surface area contributed by atoms with Crippen LogP contribution in [0.5, 0.6) is 0 Å². The molecule has 3 aromatic rings. The van der Waals surface area contributed by atoms with Crippen molar-refractivity contribution in [1.29, 1.82) is 0 Å². The van der Waals surface area contributed by atoms with Gasteiger partial charge in [0.15, 0.2) is 5.43 Å². The quantitative estimate of drug-likeness (QED) is 0.431. The van der Waals surface area contributed by atoms with E-state index >= 15 is 0 Å². The van der Waals surface area contributed by atoms with E-state index in [-0.39, 0.29) is 5.43 Å². The van der Waals surface area contributed by atoms with Crippen molar-refractivity contribution in [3.8, 4) is 0 Å². The number of thioether (sulfide) groups is 1. The highest BCUT2D eigenvalue weighted by atomic mass is 32.2. The summed E-state index contributed by atoms with van der Waals surface area (Å²) in [6, 6.07) is 7.94. The Balaban J connectivity index is 1.85. The number of fused-ring (bicyclic) bond motifs is 1. The van der Waals surface area contributed by atoms with Gasteiger partial charge in [0.2, 0.25) is 0 Å². The molecule has 1 N–H and O–H groups in total. The highest BCUT2D eigenvalue weighted by Gasteiger charge is 2.18. The molecule has 4 rings (SSSR count). The van der Waals surface area contributed by atoms with Gasteiger partial charge in [0.05, 0.1) is 18.5 Å². The maximum absolute atomic E-state index is 13.2. The lowest BCUT2D eigenvalue weighted by Crippen LogP contribution is -2.30. The molecule has 0 amide bonds. The van der Waals surface area contributed by atoms with Crippen LogP contribution in [-0.2, 0) is 13.1 Å². The molecule has 0 saturated carbocycles. The number of aryl methyl sites for hydroxylation is 1. The van der Waals surface area contributed by atoms with E-state index in [9.17, 15) is 4.79 Å². The van der Waals surface area contributed by atoms with Gasteiger partial charge in [-0.1, -0.05) is 18.7 Å². The summed E-state index contributed by atoms with van der Waals surface area (Å²) in [5.41, 5.74) is 1.74. The molecule has 32 heavy (non-hydrogen) atoms. The summed E-state index contributed by atoms with van der Waals surface area (Å²) in [5.74, 6) is 1.76. The number of hydrogen-bond acceptors (Lipinski definition) is 6. The van der Waals surface area contributed by atoms with Crippen molar-refractivity contribution in [3.05, 3.63) is 73.3 Å². The third kappa shape index (κ3) is 4.94. The predicted molar refractivity (Wildman–Crippen MR) is 140 cm³/mol. The average Bonchev–Trinajstić information content (AvgIpc) is 3.33. The molecule has 5 nitrogen and oxygen atoms in total. The van der Waals surface area contributed by atoms with Crippen LogP contribution >= 0.6 is 23.1 Å². The summed E-state index contributed by atoms with van der Waals surface area (Å²) in [6.45, 7) is 11.3. The molecule has 3 aromatic heterocycles. The van der Waals surface area contributed by atoms with Crippen molar-refractivity contribution >= 4 is 45.8 Å². The Morgan fingerprint density at radius 1 is 1.31 bits per heavy atom. The SMILES string of the molecule is C=CS/C(=C\C)Cn1c(NCc2cccs2)cc(=O)c2c(C)cc(N3CCCCC3)nc21. The van der Waals surface area contributed by atoms with Crippen LogP contribution in [0.3, 0.4) is 0 Å². The second kappa shape index (κ2) is 10.4. The van der Waals surface area contributed by atoms with Gasteiger partial charge in [-0.3, -0.25) is 4.79 Å². The first-order valence-electron chi connectivity index (χ1n) is 11.1. The van der Waals surface area contributed by atoms with Crippen LogP contribution in [0.25, 0.3) is 11.0 Å². The van der Waals surface area contributed by atoms with Gasteiger partial charge >= 0.3 is 0 Å². The van der Waals surface area contributed by atoms with Crippen LogP contribution in [0.1, 0.15) is 36.6 Å². The zero-order valence-corrected chi connectivity index (χ0v) is 20.4.